The van der Waals surface area contributed by atoms with Crippen molar-refractivity contribution >= 4 is 20.5 Å². The van der Waals surface area contributed by atoms with Gasteiger partial charge in [0, 0.05) is 7.26 Å². The summed E-state index contributed by atoms with van der Waals surface area (Å²) < 4.78 is 0. The normalized spacial score (nSPS) is 27.5. The lowest BCUT2D eigenvalue weighted by molar-refractivity contribution is 0.479. The molecular formula is C31H53P2+. The maximum atomic E-state index is 2.66. The first-order valence-electron chi connectivity index (χ1n) is 14.8. The molecule has 4 aliphatic carbocycles. The smallest absolute Gasteiger partial charge is 0.0936 e. The number of hydrogen-bond donors (Lipinski definition) is 0. The van der Waals surface area contributed by atoms with Crippen molar-refractivity contribution in [3.05, 3.63) is 30.3 Å². The van der Waals surface area contributed by atoms with Gasteiger partial charge in [0.2, 0.25) is 0 Å². The van der Waals surface area contributed by atoms with E-state index in [0.29, 0.717) is 0 Å². The highest BCUT2D eigenvalue weighted by molar-refractivity contribution is 7.82. The predicted molar refractivity (Wildman–Crippen MR) is 155 cm³/mol. The molecule has 0 radical (unpaired) electrons. The standard InChI is InChI=1S/C26H43P2.C5H10/c1-28(2,25-18-10-5-11-19-25)26-20-12-13-22(26)21-27(23-14-6-3-7-15-23)24-16-8-4-9-17-24;1-2-4-5-3-1/h5,10-11,18-19,22-24,26H,3-4,6-9,12-17,20-21H2,1-2H3;1-5H2/q+1;. The molecule has 0 nitrogen and oxygen atoms in total. The summed E-state index contributed by atoms with van der Waals surface area (Å²) in [6.07, 6.45) is 29.2. The quantitative estimate of drug-likeness (QED) is 0.350. The van der Waals surface area contributed by atoms with Gasteiger partial charge in [-0.05, 0) is 80.5 Å². The van der Waals surface area contributed by atoms with Crippen LogP contribution in [-0.4, -0.2) is 36.5 Å². The Labute approximate surface area is 208 Å². The minimum atomic E-state index is -1.02. The van der Waals surface area contributed by atoms with E-state index in [1.165, 1.54) is 83.5 Å². The third-order valence-corrected chi connectivity index (χ3v) is 17.4. The monoisotopic (exact) mass is 487 g/mol. The van der Waals surface area contributed by atoms with Gasteiger partial charge in [0.25, 0.3) is 0 Å². The number of benzene rings is 1. The molecule has 0 N–H and O–H groups in total. The van der Waals surface area contributed by atoms with Crippen LogP contribution in [0, 0.1) is 5.92 Å². The molecule has 1 aromatic carbocycles. The highest BCUT2D eigenvalue weighted by Crippen LogP contribution is 2.65. The average Bonchev–Trinajstić information content (AvgIpc) is 3.60. The molecule has 0 bridgehead atoms. The van der Waals surface area contributed by atoms with Crippen LogP contribution in [0.1, 0.15) is 116 Å². The largest absolute Gasteiger partial charge is 0.0999 e. The summed E-state index contributed by atoms with van der Waals surface area (Å²) >= 11 is 0. The first-order chi connectivity index (χ1) is 16.2. The second kappa shape index (κ2) is 13.4. The molecule has 1 aromatic rings. The van der Waals surface area contributed by atoms with Crippen molar-refractivity contribution in [2.45, 2.75) is 133 Å². The van der Waals surface area contributed by atoms with Crippen LogP contribution in [0.5, 0.6) is 0 Å². The number of rotatable bonds is 6. The molecule has 2 heteroatoms. The van der Waals surface area contributed by atoms with Crippen LogP contribution in [-0.2, 0) is 0 Å². The van der Waals surface area contributed by atoms with Gasteiger partial charge in [-0.15, -0.1) is 0 Å². The van der Waals surface area contributed by atoms with Crippen LogP contribution < -0.4 is 5.30 Å². The summed E-state index contributed by atoms with van der Waals surface area (Å²) in [5, 5.41) is 1.69. The van der Waals surface area contributed by atoms with Gasteiger partial charge in [0.05, 0.1) is 24.3 Å². The summed E-state index contributed by atoms with van der Waals surface area (Å²) in [5.74, 6) is 1.04. The van der Waals surface area contributed by atoms with Gasteiger partial charge in [-0.1, -0.05) is 96.7 Å². The molecule has 2 unspecified atom stereocenters. The van der Waals surface area contributed by atoms with Crippen LogP contribution in [0.2, 0.25) is 0 Å². The Morgan fingerprint density at radius 1 is 0.606 bits per heavy atom. The summed E-state index contributed by atoms with van der Waals surface area (Å²) in [7, 11) is -0.758. The lowest BCUT2D eigenvalue weighted by atomic mass is 9.99. The fourth-order valence-electron chi connectivity index (χ4n) is 7.66. The first-order valence-corrected chi connectivity index (χ1v) is 19.2. The van der Waals surface area contributed by atoms with Crippen LogP contribution in [0.15, 0.2) is 30.3 Å². The molecule has 4 fully saturated rings. The van der Waals surface area contributed by atoms with Crippen molar-refractivity contribution in [1.82, 2.24) is 0 Å². The molecule has 5 rings (SSSR count). The zero-order chi connectivity index (χ0) is 22.9. The van der Waals surface area contributed by atoms with E-state index in [1.54, 1.807) is 43.6 Å². The maximum Gasteiger partial charge on any atom is 0.0936 e. The van der Waals surface area contributed by atoms with Gasteiger partial charge >= 0.3 is 0 Å². The topological polar surface area (TPSA) is 0 Å². The van der Waals surface area contributed by atoms with Crippen LogP contribution in [0.3, 0.4) is 0 Å². The van der Waals surface area contributed by atoms with E-state index in [-0.39, 0.29) is 7.92 Å². The Bertz CT molecular complexity index is 627. The SMILES string of the molecule is C1CCCC1.C[P+](C)(c1ccccc1)C1CCCC1CP(C1CCCCC1)C1CCCCC1. The Morgan fingerprint density at radius 2 is 1.09 bits per heavy atom. The van der Waals surface area contributed by atoms with E-state index in [4.69, 9.17) is 0 Å². The third kappa shape index (κ3) is 7.29. The summed E-state index contributed by atoms with van der Waals surface area (Å²) in [6.45, 7) is 5.32. The molecule has 2 atom stereocenters. The minimum absolute atomic E-state index is 0.267. The van der Waals surface area contributed by atoms with Gasteiger partial charge in [-0.2, -0.15) is 0 Å². The second-order valence-corrected chi connectivity index (χ2v) is 19.3. The van der Waals surface area contributed by atoms with Gasteiger partial charge in [-0.25, -0.2) is 0 Å². The van der Waals surface area contributed by atoms with Crippen molar-refractivity contribution in [2.24, 2.45) is 5.92 Å². The fraction of sp³-hybridized carbons (Fsp3) is 0.806. The molecule has 0 saturated heterocycles. The molecule has 33 heavy (non-hydrogen) atoms. The van der Waals surface area contributed by atoms with E-state index in [9.17, 15) is 0 Å². The zero-order valence-electron chi connectivity index (χ0n) is 22.0. The van der Waals surface area contributed by atoms with Gasteiger partial charge in [-0.3, -0.25) is 0 Å². The Balaban J connectivity index is 0.000000459. The second-order valence-electron chi connectivity index (χ2n) is 12.2. The molecule has 0 heterocycles. The van der Waals surface area contributed by atoms with Gasteiger partial charge in [0.15, 0.2) is 0 Å². The van der Waals surface area contributed by atoms with Crippen molar-refractivity contribution < 1.29 is 0 Å². The average molecular weight is 488 g/mol. The Kier molecular flexibility index (Phi) is 10.6. The maximum absolute atomic E-state index is 2.66. The van der Waals surface area contributed by atoms with E-state index < -0.39 is 7.26 Å². The van der Waals surface area contributed by atoms with E-state index in [1.807, 2.05) is 0 Å². The molecule has 4 saturated carbocycles. The molecule has 186 valence electrons. The van der Waals surface area contributed by atoms with Crippen molar-refractivity contribution in [2.75, 3.05) is 19.5 Å². The summed E-state index contributed by atoms with van der Waals surface area (Å²) in [4.78, 5) is 0. The predicted octanol–water partition coefficient (Wildman–Crippen LogP) is 9.86. The van der Waals surface area contributed by atoms with Crippen molar-refractivity contribution in [3.63, 3.8) is 0 Å². The lowest BCUT2D eigenvalue weighted by Crippen LogP contribution is -2.30. The fourth-order valence-corrected chi connectivity index (χ4v) is 15.5. The summed E-state index contributed by atoms with van der Waals surface area (Å²) in [5.41, 5.74) is 3.27. The van der Waals surface area contributed by atoms with E-state index >= 15 is 0 Å². The Morgan fingerprint density at radius 3 is 1.61 bits per heavy atom. The molecule has 0 aromatic heterocycles. The van der Waals surface area contributed by atoms with Crippen molar-refractivity contribution in [1.29, 1.82) is 0 Å². The molecule has 0 aliphatic heterocycles. The summed E-state index contributed by atoms with van der Waals surface area (Å²) in [6, 6.07) is 11.6. The van der Waals surface area contributed by atoms with Gasteiger partial charge < -0.3 is 0 Å². The minimum Gasteiger partial charge on any atom is -0.0999 e. The molecule has 0 amide bonds. The third-order valence-electron chi connectivity index (χ3n) is 9.65. The highest BCUT2D eigenvalue weighted by atomic mass is 31.2. The number of hydrogen-bond acceptors (Lipinski definition) is 0. The van der Waals surface area contributed by atoms with E-state index in [2.05, 4.69) is 43.7 Å². The van der Waals surface area contributed by atoms with Crippen LogP contribution >= 0.6 is 15.2 Å². The highest BCUT2D eigenvalue weighted by Gasteiger charge is 2.47. The zero-order valence-corrected chi connectivity index (χ0v) is 23.8. The Hall–Kier alpha value is 0.0800. The first kappa shape index (κ1) is 26.2. The molecule has 0 spiro atoms. The van der Waals surface area contributed by atoms with Gasteiger partial charge in [0.1, 0.15) is 0 Å². The van der Waals surface area contributed by atoms with Crippen LogP contribution in [0.4, 0.5) is 0 Å². The van der Waals surface area contributed by atoms with Crippen molar-refractivity contribution in [3.8, 4) is 0 Å². The molecule has 4 aliphatic rings. The van der Waals surface area contributed by atoms with E-state index in [0.717, 1.165) is 22.9 Å². The molecular weight excluding hydrogens is 434 g/mol. The van der Waals surface area contributed by atoms with Crippen LogP contribution in [0.25, 0.3) is 0 Å². The lowest BCUT2D eigenvalue weighted by Gasteiger charge is -2.41.